The molecule has 1 aliphatic carbocycles. The predicted molar refractivity (Wildman–Crippen MR) is 198 cm³/mol. The highest BCUT2D eigenvalue weighted by Crippen LogP contribution is 2.48. The number of likely N-dealkylation sites (N-methyl/N-ethyl adjacent to an activating group) is 2. The van der Waals surface area contributed by atoms with Crippen LogP contribution in [0.15, 0.2) is 72.8 Å². The first kappa shape index (κ1) is 37.3. The second kappa shape index (κ2) is 17.8. The lowest BCUT2D eigenvalue weighted by atomic mass is 9.64. The molecule has 2 amide bonds. The lowest BCUT2D eigenvalue weighted by molar-refractivity contribution is -0.164. The van der Waals surface area contributed by atoms with Crippen molar-refractivity contribution in [3.63, 3.8) is 0 Å². The van der Waals surface area contributed by atoms with Gasteiger partial charge >= 0.3 is 0 Å². The highest BCUT2D eigenvalue weighted by molar-refractivity contribution is 5.96. The largest absolute Gasteiger partial charge is 0.494 e. The summed E-state index contributed by atoms with van der Waals surface area (Å²) in [5.41, 5.74) is -2.12. The van der Waals surface area contributed by atoms with Gasteiger partial charge in [0.15, 0.2) is 0 Å². The zero-order chi connectivity index (χ0) is 35.4. The zero-order valence-electron chi connectivity index (χ0n) is 30.7. The number of unbranched alkanes of at least 4 members (excludes halogenated alkanes) is 10. The molecule has 0 saturated carbocycles. The fourth-order valence-electron chi connectivity index (χ4n) is 7.53. The molecule has 8 nitrogen and oxygen atoms in total. The van der Waals surface area contributed by atoms with Crippen molar-refractivity contribution in [1.29, 1.82) is 0 Å². The van der Waals surface area contributed by atoms with Gasteiger partial charge in [0.25, 0.3) is 0 Å². The van der Waals surface area contributed by atoms with E-state index in [1.54, 1.807) is 23.9 Å². The Morgan fingerprint density at radius 1 is 0.500 bits per heavy atom. The number of ether oxygens (including phenoxy) is 4. The third-order valence-corrected chi connectivity index (χ3v) is 10.6. The van der Waals surface area contributed by atoms with Gasteiger partial charge in [0.05, 0.1) is 25.3 Å². The second-order valence-corrected chi connectivity index (χ2v) is 14.3. The van der Waals surface area contributed by atoms with Gasteiger partial charge in [-0.3, -0.25) is 9.59 Å². The molecule has 5 aliphatic heterocycles. The van der Waals surface area contributed by atoms with Crippen LogP contribution in [0.5, 0.6) is 23.0 Å². The van der Waals surface area contributed by atoms with Crippen LogP contribution in [0.3, 0.4) is 0 Å². The fourth-order valence-corrected chi connectivity index (χ4v) is 7.53. The Morgan fingerprint density at radius 3 is 1.18 bits per heavy atom. The Hall–Kier alpha value is -3.94. The summed E-state index contributed by atoms with van der Waals surface area (Å²) in [4.78, 5) is 31.8. The summed E-state index contributed by atoms with van der Waals surface area (Å²) in [5.74, 6) is 2.75. The molecule has 1 saturated heterocycles. The topological polar surface area (TPSA) is 77.5 Å². The van der Waals surface area contributed by atoms with Crippen LogP contribution >= 0.6 is 0 Å². The molecule has 5 heterocycles. The molecule has 2 aromatic carbocycles. The quantitative estimate of drug-likeness (QED) is 0.0915. The smallest absolute Gasteiger partial charge is 0.238 e. The van der Waals surface area contributed by atoms with Gasteiger partial charge in [-0.15, -0.1) is 0 Å². The van der Waals surface area contributed by atoms with E-state index in [1.165, 1.54) is 64.2 Å². The van der Waals surface area contributed by atoms with E-state index in [9.17, 15) is 9.59 Å². The van der Waals surface area contributed by atoms with Gasteiger partial charge in [-0.05, 0) is 61.4 Å². The first-order chi connectivity index (χ1) is 24.3. The van der Waals surface area contributed by atoms with Crippen molar-refractivity contribution in [2.24, 2.45) is 10.8 Å². The molecule has 2 aromatic rings. The molecule has 50 heavy (non-hydrogen) atoms. The number of hydrogen-bond acceptors (Lipinski definition) is 6. The monoisotopic (exact) mass is 686 g/mol. The summed E-state index contributed by atoms with van der Waals surface area (Å²) < 4.78 is 24.4. The van der Waals surface area contributed by atoms with Gasteiger partial charge in [0, 0.05) is 14.1 Å². The van der Waals surface area contributed by atoms with Crippen LogP contribution in [0.25, 0.3) is 0 Å². The Balaban J connectivity index is 1.18. The van der Waals surface area contributed by atoms with Crippen LogP contribution in [-0.2, 0) is 9.59 Å². The van der Waals surface area contributed by atoms with E-state index in [0.29, 0.717) is 24.7 Å². The highest BCUT2D eigenvalue weighted by Gasteiger charge is 2.62. The van der Waals surface area contributed by atoms with E-state index in [2.05, 4.69) is 13.8 Å². The van der Waals surface area contributed by atoms with E-state index in [-0.39, 0.29) is 25.0 Å². The highest BCUT2D eigenvalue weighted by atomic mass is 16.5. The van der Waals surface area contributed by atoms with Crippen LogP contribution < -0.4 is 18.9 Å². The van der Waals surface area contributed by atoms with Crippen LogP contribution in [0.1, 0.15) is 90.9 Å². The molecular weight excluding hydrogens is 628 g/mol. The molecule has 2 unspecified atom stereocenters. The molecule has 6 aliphatic rings. The minimum absolute atomic E-state index is 0.0752. The van der Waals surface area contributed by atoms with Crippen molar-refractivity contribution in [3.8, 4) is 23.0 Å². The number of benzene rings is 2. The molecule has 0 aromatic heterocycles. The molecular formula is C42H58N2O6. The molecule has 0 spiro atoms. The minimum Gasteiger partial charge on any atom is -0.494 e. The standard InChI is InChI=1S/C42H58N2O6/c1-5-7-9-11-13-15-29-47-33-17-21-35(22-18-33)49-31-41-27-25-38(44(4)39(41)45)42(28-26-37(41)43(3)40(42)46)32-50-36-23-19-34(20-24-36)48-30-16-14-12-10-8-6-2/h17-28,37-38H,5-16,29-32H2,1-4H3/t37-,38?,41?,42-/m1/s1. The maximum atomic E-state index is 14.2. The molecule has 0 radical (unpaired) electrons. The Labute approximate surface area is 299 Å². The van der Waals surface area contributed by atoms with Crippen LogP contribution in [0, 0.1) is 10.8 Å². The van der Waals surface area contributed by atoms with E-state index in [1.807, 2.05) is 72.8 Å². The molecule has 0 N–H and O–H groups in total. The number of nitrogens with zero attached hydrogens (tertiary/aromatic N) is 2. The fraction of sp³-hybridized carbons (Fsp3) is 0.571. The van der Waals surface area contributed by atoms with Crippen molar-refractivity contribution >= 4 is 11.8 Å². The third-order valence-electron chi connectivity index (χ3n) is 10.6. The van der Waals surface area contributed by atoms with Gasteiger partial charge in [-0.2, -0.15) is 0 Å². The molecule has 8 heteroatoms. The van der Waals surface area contributed by atoms with Gasteiger partial charge < -0.3 is 28.7 Å². The predicted octanol–water partition coefficient (Wildman–Crippen LogP) is 8.40. The van der Waals surface area contributed by atoms with E-state index in [4.69, 9.17) is 18.9 Å². The first-order valence-corrected chi connectivity index (χ1v) is 19.0. The molecule has 4 bridgehead atoms. The third kappa shape index (κ3) is 8.50. The van der Waals surface area contributed by atoms with Gasteiger partial charge in [-0.25, -0.2) is 0 Å². The lowest BCUT2D eigenvalue weighted by Gasteiger charge is -2.56. The van der Waals surface area contributed by atoms with E-state index in [0.717, 1.165) is 24.3 Å². The molecule has 8 rings (SSSR count). The van der Waals surface area contributed by atoms with E-state index < -0.39 is 22.9 Å². The number of rotatable bonds is 22. The van der Waals surface area contributed by atoms with Gasteiger partial charge in [0.1, 0.15) is 47.0 Å². The first-order valence-electron chi connectivity index (χ1n) is 19.0. The van der Waals surface area contributed by atoms with E-state index >= 15 is 0 Å². The van der Waals surface area contributed by atoms with Gasteiger partial charge in [0.2, 0.25) is 11.8 Å². The van der Waals surface area contributed by atoms with Crippen molar-refractivity contribution in [3.05, 3.63) is 72.8 Å². The van der Waals surface area contributed by atoms with Crippen LogP contribution in [0.4, 0.5) is 0 Å². The average molecular weight is 687 g/mol. The summed E-state index contributed by atoms with van der Waals surface area (Å²) in [6, 6.07) is 14.1. The minimum atomic E-state index is -1.06. The van der Waals surface area contributed by atoms with Crippen molar-refractivity contribution in [1.82, 2.24) is 9.80 Å². The number of carbonyl (C=O) groups excluding carboxylic acids is 2. The maximum absolute atomic E-state index is 14.2. The zero-order valence-corrected chi connectivity index (χ0v) is 30.7. The maximum Gasteiger partial charge on any atom is 0.238 e. The van der Waals surface area contributed by atoms with Crippen molar-refractivity contribution < 1.29 is 28.5 Å². The van der Waals surface area contributed by atoms with Crippen LogP contribution in [0.2, 0.25) is 0 Å². The summed E-state index contributed by atoms with van der Waals surface area (Å²) in [6.45, 7) is 6.05. The lowest BCUT2D eigenvalue weighted by Crippen LogP contribution is -2.71. The Bertz CT molecular complexity index is 1330. The van der Waals surface area contributed by atoms with Crippen molar-refractivity contribution in [2.45, 2.75) is 103 Å². The van der Waals surface area contributed by atoms with Gasteiger partial charge in [-0.1, -0.05) is 102 Å². The summed E-state index contributed by atoms with van der Waals surface area (Å²) >= 11 is 0. The summed E-state index contributed by atoms with van der Waals surface area (Å²) in [5, 5.41) is 0. The second-order valence-electron chi connectivity index (χ2n) is 14.3. The van der Waals surface area contributed by atoms with Crippen molar-refractivity contribution in [2.75, 3.05) is 40.5 Å². The number of amides is 2. The Morgan fingerprint density at radius 2 is 0.820 bits per heavy atom. The molecule has 4 atom stereocenters. The SMILES string of the molecule is CCCCCCCCOc1ccc(OCC23C=CC(N(C)C2=O)[C@]2(COc4ccc(OCCCCCCCC)cc4)C=C[C@H]3N(C)C2=O)cc1. The summed E-state index contributed by atoms with van der Waals surface area (Å²) in [7, 11) is 3.56. The molecule has 272 valence electrons. The number of carbonyl (C=O) groups is 2. The van der Waals surface area contributed by atoms with Crippen LogP contribution in [-0.4, -0.2) is 74.2 Å². The molecule has 1 fully saturated rings. The Kier molecular flexibility index (Phi) is 13.3. The summed E-state index contributed by atoms with van der Waals surface area (Å²) in [6.07, 6.45) is 22.6. The average Bonchev–Trinajstić information content (AvgIpc) is 3.13. The normalized spacial score (nSPS) is 23.7. The number of hydrogen-bond donors (Lipinski definition) is 0.